The van der Waals surface area contributed by atoms with Gasteiger partial charge in [-0.05, 0) is 43.5 Å². The maximum Gasteiger partial charge on any atom is 0.120 e. The fraction of sp³-hybridized carbons (Fsp3) is 0.500. The van der Waals surface area contributed by atoms with Crippen LogP contribution in [0.15, 0.2) is 28.7 Å². The Hall–Kier alpha value is -0.540. The van der Waals surface area contributed by atoms with E-state index in [1.807, 2.05) is 24.3 Å². The average Bonchev–Trinajstić information content (AvgIpc) is 3.01. The van der Waals surface area contributed by atoms with Crippen molar-refractivity contribution in [3.8, 4) is 5.75 Å². The van der Waals surface area contributed by atoms with Crippen LogP contribution < -0.4 is 10.1 Å². The molecule has 15 heavy (non-hydrogen) atoms. The Morgan fingerprint density at radius 2 is 2.27 bits per heavy atom. The Balaban J connectivity index is 1.60. The van der Waals surface area contributed by atoms with Gasteiger partial charge >= 0.3 is 0 Å². The van der Waals surface area contributed by atoms with E-state index < -0.39 is 0 Å². The van der Waals surface area contributed by atoms with Gasteiger partial charge in [-0.25, -0.2) is 0 Å². The highest BCUT2D eigenvalue weighted by atomic mass is 79.9. The van der Waals surface area contributed by atoms with Crippen LogP contribution in [0.4, 0.5) is 0 Å². The predicted molar refractivity (Wildman–Crippen MR) is 65.2 cm³/mol. The van der Waals surface area contributed by atoms with Crippen LogP contribution in [0.3, 0.4) is 0 Å². The molecule has 1 N–H and O–H groups in total. The molecular weight excluding hydrogens is 254 g/mol. The van der Waals surface area contributed by atoms with Gasteiger partial charge in [0.25, 0.3) is 0 Å². The minimum absolute atomic E-state index is 0.739. The van der Waals surface area contributed by atoms with E-state index in [4.69, 9.17) is 4.74 Å². The molecule has 1 aromatic carbocycles. The zero-order chi connectivity index (χ0) is 10.5. The Labute approximate surface area is 99.1 Å². The number of ether oxygens (including phenoxy) is 1. The molecule has 1 saturated carbocycles. The van der Waals surface area contributed by atoms with Gasteiger partial charge in [-0.2, -0.15) is 0 Å². The molecule has 0 spiro atoms. The fourth-order valence-electron chi connectivity index (χ4n) is 1.43. The van der Waals surface area contributed by atoms with Crippen molar-refractivity contribution in [3.05, 3.63) is 28.7 Å². The molecule has 2 rings (SSSR count). The molecule has 0 heterocycles. The standard InChI is InChI=1S/C12H16BrNO/c13-11-2-1-3-12(8-11)15-7-6-14-9-10-4-5-10/h1-3,8,10,14H,4-7,9H2. The molecule has 0 aliphatic heterocycles. The van der Waals surface area contributed by atoms with Crippen LogP contribution >= 0.6 is 15.9 Å². The molecule has 0 unspecified atom stereocenters. The average molecular weight is 270 g/mol. The molecule has 82 valence electrons. The lowest BCUT2D eigenvalue weighted by Gasteiger charge is -2.07. The van der Waals surface area contributed by atoms with E-state index in [1.165, 1.54) is 12.8 Å². The quantitative estimate of drug-likeness (QED) is 0.802. The largest absolute Gasteiger partial charge is 0.492 e. The molecule has 1 aliphatic rings. The van der Waals surface area contributed by atoms with Gasteiger partial charge < -0.3 is 10.1 Å². The van der Waals surface area contributed by atoms with Gasteiger partial charge in [0, 0.05) is 11.0 Å². The highest BCUT2D eigenvalue weighted by Crippen LogP contribution is 2.27. The molecule has 0 bridgehead atoms. The summed E-state index contributed by atoms with van der Waals surface area (Å²) in [4.78, 5) is 0. The number of rotatable bonds is 6. The smallest absolute Gasteiger partial charge is 0.120 e. The SMILES string of the molecule is Brc1cccc(OCCNCC2CC2)c1. The lowest BCUT2D eigenvalue weighted by Crippen LogP contribution is -2.23. The van der Waals surface area contributed by atoms with Crippen molar-refractivity contribution < 1.29 is 4.74 Å². The number of hydrogen-bond acceptors (Lipinski definition) is 2. The molecule has 1 aromatic rings. The summed E-state index contributed by atoms with van der Waals surface area (Å²) in [7, 11) is 0. The Bertz CT molecular complexity index is 312. The maximum atomic E-state index is 5.60. The van der Waals surface area contributed by atoms with E-state index in [9.17, 15) is 0 Å². The topological polar surface area (TPSA) is 21.3 Å². The number of hydrogen-bond donors (Lipinski definition) is 1. The van der Waals surface area contributed by atoms with Gasteiger partial charge in [0.15, 0.2) is 0 Å². The molecule has 3 heteroatoms. The zero-order valence-electron chi connectivity index (χ0n) is 8.71. The van der Waals surface area contributed by atoms with Crippen molar-refractivity contribution in [3.63, 3.8) is 0 Å². The van der Waals surface area contributed by atoms with E-state index in [-0.39, 0.29) is 0 Å². The predicted octanol–water partition coefficient (Wildman–Crippen LogP) is 2.83. The van der Waals surface area contributed by atoms with Crippen LogP contribution in [-0.2, 0) is 0 Å². The monoisotopic (exact) mass is 269 g/mol. The van der Waals surface area contributed by atoms with Crippen LogP contribution in [0, 0.1) is 5.92 Å². The van der Waals surface area contributed by atoms with Crippen LogP contribution in [0.2, 0.25) is 0 Å². The van der Waals surface area contributed by atoms with Crippen molar-refractivity contribution in [2.24, 2.45) is 5.92 Å². The zero-order valence-corrected chi connectivity index (χ0v) is 10.3. The maximum absolute atomic E-state index is 5.60. The highest BCUT2D eigenvalue weighted by Gasteiger charge is 2.19. The van der Waals surface area contributed by atoms with Crippen molar-refractivity contribution in [2.75, 3.05) is 19.7 Å². The lowest BCUT2D eigenvalue weighted by molar-refractivity contribution is 0.313. The molecule has 0 amide bonds. The van der Waals surface area contributed by atoms with E-state index in [2.05, 4.69) is 21.2 Å². The molecule has 2 nitrogen and oxygen atoms in total. The lowest BCUT2D eigenvalue weighted by atomic mass is 10.3. The van der Waals surface area contributed by atoms with Gasteiger partial charge in [-0.15, -0.1) is 0 Å². The summed E-state index contributed by atoms with van der Waals surface area (Å²) in [5.74, 6) is 1.87. The molecule has 0 atom stereocenters. The molecule has 0 saturated heterocycles. The number of benzene rings is 1. The first-order valence-electron chi connectivity index (χ1n) is 5.44. The first-order chi connectivity index (χ1) is 7.34. The highest BCUT2D eigenvalue weighted by molar-refractivity contribution is 9.10. The molecule has 0 radical (unpaired) electrons. The van der Waals surface area contributed by atoms with Gasteiger partial charge in [-0.1, -0.05) is 22.0 Å². The normalized spacial score (nSPS) is 15.3. The second-order valence-electron chi connectivity index (χ2n) is 3.95. The summed E-state index contributed by atoms with van der Waals surface area (Å²) in [5.41, 5.74) is 0. The second-order valence-corrected chi connectivity index (χ2v) is 4.87. The third-order valence-electron chi connectivity index (χ3n) is 2.47. The Kier molecular flexibility index (Phi) is 4.03. The number of halogens is 1. The summed E-state index contributed by atoms with van der Waals surface area (Å²) < 4.78 is 6.66. The summed E-state index contributed by atoms with van der Waals surface area (Å²) in [6.07, 6.45) is 2.80. The van der Waals surface area contributed by atoms with E-state index in [1.54, 1.807) is 0 Å². The van der Waals surface area contributed by atoms with Crippen molar-refractivity contribution in [2.45, 2.75) is 12.8 Å². The molecular formula is C12H16BrNO. The molecule has 0 aromatic heterocycles. The van der Waals surface area contributed by atoms with Crippen LogP contribution in [0.25, 0.3) is 0 Å². The summed E-state index contributed by atoms with van der Waals surface area (Å²) in [6.45, 7) is 2.83. The van der Waals surface area contributed by atoms with Gasteiger partial charge in [0.2, 0.25) is 0 Å². The minimum atomic E-state index is 0.739. The molecule has 1 aliphatic carbocycles. The Morgan fingerprint density at radius 3 is 3.00 bits per heavy atom. The number of nitrogens with one attached hydrogen (secondary N) is 1. The van der Waals surface area contributed by atoms with Crippen LogP contribution in [0.1, 0.15) is 12.8 Å². The van der Waals surface area contributed by atoms with Gasteiger partial charge in [-0.3, -0.25) is 0 Å². The van der Waals surface area contributed by atoms with Crippen molar-refractivity contribution in [1.82, 2.24) is 5.32 Å². The van der Waals surface area contributed by atoms with E-state index in [0.29, 0.717) is 0 Å². The Morgan fingerprint density at radius 1 is 1.40 bits per heavy atom. The first-order valence-corrected chi connectivity index (χ1v) is 6.23. The van der Waals surface area contributed by atoms with Gasteiger partial charge in [0.05, 0.1) is 0 Å². The second kappa shape index (κ2) is 5.52. The third kappa shape index (κ3) is 4.22. The minimum Gasteiger partial charge on any atom is -0.492 e. The first kappa shape index (κ1) is 11.0. The van der Waals surface area contributed by atoms with Crippen molar-refractivity contribution >= 4 is 15.9 Å². The fourth-order valence-corrected chi connectivity index (χ4v) is 1.80. The summed E-state index contributed by atoms with van der Waals surface area (Å²) >= 11 is 3.42. The van der Waals surface area contributed by atoms with Gasteiger partial charge in [0.1, 0.15) is 12.4 Å². The van der Waals surface area contributed by atoms with Crippen molar-refractivity contribution in [1.29, 1.82) is 0 Å². The van der Waals surface area contributed by atoms with Crippen LogP contribution in [0.5, 0.6) is 5.75 Å². The summed E-state index contributed by atoms with van der Waals surface area (Å²) in [5, 5.41) is 3.40. The third-order valence-corrected chi connectivity index (χ3v) is 2.97. The van der Waals surface area contributed by atoms with E-state index in [0.717, 1.165) is 35.8 Å². The molecule has 1 fully saturated rings. The summed E-state index contributed by atoms with van der Waals surface area (Å²) in [6, 6.07) is 7.95. The van der Waals surface area contributed by atoms with E-state index >= 15 is 0 Å². The van der Waals surface area contributed by atoms with Crippen LogP contribution in [-0.4, -0.2) is 19.7 Å².